The summed E-state index contributed by atoms with van der Waals surface area (Å²) in [5.74, 6) is 0.121. The van der Waals surface area contributed by atoms with Gasteiger partial charge in [0.15, 0.2) is 5.16 Å². The molecule has 0 aliphatic carbocycles. The Kier molecular flexibility index (Phi) is 2.68. The lowest BCUT2D eigenvalue weighted by atomic mass is 10.9. The molecule has 15 heavy (non-hydrogen) atoms. The van der Waals surface area contributed by atoms with Crippen LogP contribution in [-0.4, -0.2) is 32.0 Å². The van der Waals surface area contributed by atoms with Gasteiger partial charge < -0.3 is 15.5 Å². The summed E-state index contributed by atoms with van der Waals surface area (Å²) in [6, 6.07) is 0.191. The molecule has 0 atom stereocenters. The van der Waals surface area contributed by atoms with E-state index in [1.807, 2.05) is 0 Å². The van der Waals surface area contributed by atoms with E-state index in [9.17, 15) is 0 Å². The molecule has 0 fully saturated rings. The molecule has 0 saturated heterocycles. The average Bonchev–Trinajstić information content (AvgIpc) is 2.69. The zero-order chi connectivity index (χ0) is 10.7. The highest BCUT2D eigenvalue weighted by atomic mass is 32.2. The Balaban J connectivity index is 2.24. The number of nitrogens with one attached hydrogen (secondary N) is 1. The first kappa shape index (κ1) is 9.71. The van der Waals surface area contributed by atoms with Crippen LogP contribution in [0.1, 0.15) is 0 Å². The summed E-state index contributed by atoms with van der Waals surface area (Å²) < 4.78 is 4.87. The number of H-pyrrole nitrogens is 1. The fourth-order valence-electron chi connectivity index (χ4n) is 0.883. The van der Waals surface area contributed by atoms with Crippen molar-refractivity contribution in [1.82, 2.24) is 24.9 Å². The molecule has 0 amide bonds. The number of nitrogens with two attached hydrogens (primary N) is 1. The van der Waals surface area contributed by atoms with Crippen LogP contribution in [-0.2, 0) is 0 Å². The van der Waals surface area contributed by atoms with E-state index in [4.69, 9.17) is 10.5 Å². The number of nitrogen functional groups attached to an aromatic ring is 1. The maximum Gasteiger partial charge on any atom is 0.321 e. The Bertz CT molecular complexity index is 445. The number of anilines is 1. The standard InChI is InChI=1S/C7H8N6OS/c1-14-5-11-4(8)12-7(13-5)15-6-9-2-3-10-6/h2-3H,1H3,(H,9,10)(H2,8,11,12,13). The van der Waals surface area contributed by atoms with Gasteiger partial charge >= 0.3 is 6.01 Å². The average molecular weight is 224 g/mol. The predicted octanol–water partition coefficient (Wildman–Crippen LogP) is 0.337. The van der Waals surface area contributed by atoms with Gasteiger partial charge in [-0.3, -0.25) is 0 Å². The Morgan fingerprint density at radius 2 is 2.27 bits per heavy atom. The summed E-state index contributed by atoms with van der Waals surface area (Å²) in [5, 5.41) is 1.12. The first-order valence-corrected chi connectivity index (χ1v) is 4.82. The van der Waals surface area contributed by atoms with E-state index in [1.165, 1.54) is 18.9 Å². The lowest BCUT2D eigenvalue weighted by Crippen LogP contribution is -2.01. The van der Waals surface area contributed by atoms with E-state index < -0.39 is 0 Å². The van der Waals surface area contributed by atoms with E-state index in [2.05, 4.69) is 24.9 Å². The van der Waals surface area contributed by atoms with E-state index in [-0.39, 0.29) is 12.0 Å². The van der Waals surface area contributed by atoms with Crippen molar-refractivity contribution < 1.29 is 4.74 Å². The van der Waals surface area contributed by atoms with Gasteiger partial charge in [0.1, 0.15) is 0 Å². The van der Waals surface area contributed by atoms with Crippen molar-refractivity contribution in [2.24, 2.45) is 0 Å². The molecule has 2 aromatic heterocycles. The summed E-state index contributed by atoms with van der Waals surface area (Å²) in [5.41, 5.74) is 5.48. The summed E-state index contributed by atoms with van der Waals surface area (Å²) in [4.78, 5) is 18.6. The number of hydrogen-bond donors (Lipinski definition) is 2. The molecule has 8 heteroatoms. The maximum absolute atomic E-state index is 5.48. The number of hydrogen-bond acceptors (Lipinski definition) is 7. The lowest BCUT2D eigenvalue weighted by Gasteiger charge is -2.00. The number of aromatic nitrogens is 5. The van der Waals surface area contributed by atoms with Crippen molar-refractivity contribution >= 4 is 17.7 Å². The number of imidazole rings is 1. The summed E-state index contributed by atoms with van der Waals surface area (Å²) >= 11 is 1.25. The Morgan fingerprint density at radius 1 is 1.40 bits per heavy atom. The van der Waals surface area contributed by atoms with Crippen molar-refractivity contribution in [3.05, 3.63) is 12.4 Å². The predicted molar refractivity (Wildman–Crippen MR) is 53.5 cm³/mol. The van der Waals surface area contributed by atoms with Crippen molar-refractivity contribution in [2.45, 2.75) is 10.3 Å². The highest BCUT2D eigenvalue weighted by Crippen LogP contribution is 2.21. The number of nitrogens with zero attached hydrogens (tertiary/aromatic N) is 4. The topological polar surface area (TPSA) is 103 Å². The molecule has 0 aromatic carbocycles. The molecular formula is C7H8N6OS. The molecule has 78 valence electrons. The van der Waals surface area contributed by atoms with Crippen LogP contribution >= 0.6 is 11.8 Å². The minimum atomic E-state index is 0.121. The van der Waals surface area contributed by atoms with Gasteiger partial charge in [-0.2, -0.15) is 15.0 Å². The highest BCUT2D eigenvalue weighted by molar-refractivity contribution is 7.99. The van der Waals surface area contributed by atoms with Crippen LogP contribution in [0, 0.1) is 0 Å². The number of aromatic amines is 1. The maximum atomic E-state index is 5.48. The highest BCUT2D eigenvalue weighted by Gasteiger charge is 2.07. The molecule has 7 nitrogen and oxygen atoms in total. The molecule has 2 heterocycles. The van der Waals surface area contributed by atoms with E-state index >= 15 is 0 Å². The van der Waals surface area contributed by atoms with Crippen molar-refractivity contribution in [3.63, 3.8) is 0 Å². The molecule has 3 N–H and O–H groups in total. The Hall–Kier alpha value is -1.83. The number of methoxy groups -OCH3 is 1. The van der Waals surface area contributed by atoms with Crippen LogP contribution < -0.4 is 10.5 Å². The summed E-state index contributed by atoms with van der Waals surface area (Å²) in [7, 11) is 1.47. The molecule has 0 radical (unpaired) electrons. The second kappa shape index (κ2) is 4.13. The van der Waals surface area contributed by atoms with Gasteiger partial charge in [0.05, 0.1) is 7.11 Å². The molecule has 2 aromatic rings. The van der Waals surface area contributed by atoms with Crippen LogP contribution in [0.5, 0.6) is 6.01 Å². The van der Waals surface area contributed by atoms with Crippen LogP contribution in [0.25, 0.3) is 0 Å². The largest absolute Gasteiger partial charge is 0.467 e. The molecule has 0 bridgehead atoms. The Morgan fingerprint density at radius 3 is 2.93 bits per heavy atom. The SMILES string of the molecule is COc1nc(N)nc(Sc2ncc[nH]2)n1. The lowest BCUT2D eigenvalue weighted by molar-refractivity contribution is 0.374. The van der Waals surface area contributed by atoms with Crippen LogP contribution in [0.15, 0.2) is 22.7 Å². The third-order valence-corrected chi connectivity index (χ3v) is 2.24. The molecule has 0 spiro atoms. The van der Waals surface area contributed by atoms with Crippen molar-refractivity contribution in [2.75, 3.05) is 12.8 Å². The van der Waals surface area contributed by atoms with Gasteiger partial charge in [-0.25, -0.2) is 4.98 Å². The normalized spacial score (nSPS) is 10.2. The van der Waals surface area contributed by atoms with Crippen molar-refractivity contribution in [1.29, 1.82) is 0 Å². The molecule has 2 rings (SSSR count). The molecule has 0 aliphatic heterocycles. The van der Waals surface area contributed by atoms with Crippen LogP contribution in [0.3, 0.4) is 0 Å². The van der Waals surface area contributed by atoms with Gasteiger partial charge in [0, 0.05) is 12.4 Å². The first-order valence-electron chi connectivity index (χ1n) is 4.00. The van der Waals surface area contributed by atoms with Gasteiger partial charge in [0.2, 0.25) is 11.1 Å². The van der Waals surface area contributed by atoms with Crippen LogP contribution in [0.2, 0.25) is 0 Å². The second-order valence-corrected chi connectivity index (χ2v) is 3.42. The fourth-order valence-corrected chi connectivity index (χ4v) is 1.56. The quantitative estimate of drug-likeness (QED) is 0.774. The summed E-state index contributed by atoms with van der Waals surface area (Å²) in [6.45, 7) is 0. The smallest absolute Gasteiger partial charge is 0.321 e. The zero-order valence-electron chi connectivity index (χ0n) is 7.84. The first-order chi connectivity index (χ1) is 7.28. The minimum absolute atomic E-state index is 0.121. The van der Waals surface area contributed by atoms with Gasteiger partial charge in [-0.1, -0.05) is 0 Å². The molecule has 0 saturated carbocycles. The zero-order valence-corrected chi connectivity index (χ0v) is 8.65. The number of ether oxygens (including phenoxy) is 1. The van der Waals surface area contributed by atoms with Gasteiger partial charge in [-0.15, -0.1) is 0 Å². The number of rotatable bonds is 3. The molecule has 0 aliphatic rings. The monoisotopic (exact) mass is 224 g/mol. The van der Waals surface area contributed by atoms with E-state index in [0.717, 1.165) is 0 Å². The van der Waals surface area contributed by atoms with Gasteiger partial charge in [0.25, 0.3) is 0 Å². The fraction of sp³-hybridized carbons (Fsp3) is 0.143. The minimum Gasteiger partial charge on any atom is -0.467 e. The van der Waals surface area contributed by atoms with Crippen molar-refractivity contribution in [3.8, 4) is 6.01 Å². The molecular weight excluding hydrogens is 216 g/mol. The summed E-state index contributed by atoms with van der Waals surface area (Å²) in [6.07, 6.45) is 3.36. The second-order valence-electron chi connectivity index (χ2n) is 2.46. The molecule has 0 unspecified atom stereocenters. The van der Waals surface area contributed by atoms with Gasteiger partial charge in [-0.05, 0) is 11.8 Å². The third kappa shape index (κ3) is 2.34. The third-order valence-electron chi connectivity index (χ3n) is 1.46. The van der Waals surface area contributed by atoms with E-state index in [1.54, 1.807) is 12.4 Å². The van der Waals surface area contributed by atoms with E-state index in [0.29, 0.717) is 10.3 Å². The van der Waals surface area contributed by atoms with Crippen LogP contribution in [0.4, 0.5) is 5.95 Å². The Labute approximate surface area is 89.5 Å².